The number of primary amides is 1. The average molecular weight is 878 g/mol. The van der Waals surface area contributed by atoms with Gasteiger partial charge in [0.2, 0.25) is 17.7 Å². The van der Waals surface area contributed by atoms with Crippen molar-refractivity contribution in [3.8, 4) is 11.5 Å². The molecular formula is C49H51N9O7. The van der Waals surface area contributed by atoms with E-state index in [0.29, 0.717) is 47.5 Å². The molecule has 7 N–H and O–H groups in total. The standard InChI is InChI=1S/C49H51N9O7/c50-43(30-6-10-36(11-7-30)65-35-4-2-1-3-5-35)42(44(51)60)45-52-21-16-32-26-33(8-13-39(32)54-45)53-46(61)31-19-22-56(23-20-31)28-29-17-24-57(25-18-29)34-9-12-37-38(27-34)49(64)58(48(37)63)40-14-15-41(59)55-47(40)62/h1-13,26-27,29,31,40,50,52,54H,14-25,28H2,(H2,51,60)(H,53,61)(H,55,59,62)/b45-42-,50-43?. The molecule has 0 bridgehead atoms. The van der Waals surface area contributed by atoms with Crippen LogP contribution in [0.15, 0.2) is 102 Å². The van der Waals surface area contributed by atoms with Gasteiger partial charge in [-0.25, -0.2) is 0 Å². The molecule has 5 aliphatic rings. The van der Waals surface area contributed by atoms with Crippen molar-refractivity contribution in [1.82, 2.24) is 20.4 Å². The van der Waals surface area contributed by atoms with Crippen LogP contribution in [0.3, 0.4) is 0 Å². The highest BCUT2D eigenvalue weighted by Gasteiger charge is 2.45. The third-order valence-electron chi connectivity index (χ3n) is 13.1. The third-order valence-corrected chi connectivity index (χ3v) is 13.1. The summed E-state index contributed by atoms with van der Waals surface area (Å²) in [5, 5.41) is 20.8. The molecule has 5 aliphatic heterocycles. The molecule has 3 fully saturated rings. The highest BCUT2D eigenvalue weighted by atomic mass is 16.5. The molecule has 16 heteroatoms. The van der Waals surface area contributed by atoms with Crippen molar-refractivity contribution in [2.24, 2.45) is 17.6 Å². The van der Waals surface area contributed by atoms with Crippen LogP contribution in [0.1, 0.15) is 70.4 Å². The first-order valence-electron chi connectivity index (χ1n) is 22.2. The number of rotatable bonds is 11. The fraction of sp³-hybridized carbons (Fsp3) is 0.327. The number of ether oxygens (including phenoxy) is 1. The number of amides is 6. The molecular weight excluding hydrogens is 827 g/mol. The maximum absolute atomic E-state index is 13.5. The maximum atomic E-state index is 13.5. The van der Waals surface area contributed by atoms with Crippen molar-refractivity contribution < 1.29 is 33.5 Å². The molecule has 4 aromatic rings. The number of fused-ring (bicyclic) bond motifs is 2. The number of hydrogen-bond donors (Lipinski definition) is 6. The first-order valence-corrected chi connectivity index (χ1v) is 22.2. The van der Waals surface area contributed by atoms with Gasteiger partial charge in [0.25, 0.3) is 17.7 Å². The van der Waals surface area contributed by atoms with E-state index < -0.39 is 35.6 Å². The van der Waals surface area contributed by atoms with E-state index in [2.05, 4.69) is 31.1 Å². The van der Waals surface area contributed by atoms with Crippen LogP contribution in [0.5, 0.6) is 11.5 Å². The Hall–Kier alpha value is -7.33. The van der Waals surface area contributed by atoms with Crippen LogP contribution in [-0.4, -0.2) is 96.3 Å². The fourth-order valence-corrected chi connectivity index (χ4v) is 9.50. The predicted octanol–water partition coefficient (Wildman–Crippen LogP) is 4.77. The maximum Gasteiger partial charge on any atom is 0.262 e. The third kappa shape index (κ3) is 9.20. The number of para-hydroxylation sites is 1. The Labute approximate surface area is 376 Å². The first kappa shape index (κ1) is 42.9. The Morgan fingerprint density at radius 3 is 2.22 bits per heavy atom. The number of carbonyl (C=O) groups is 6. The molecule has 1 unspecified atom stereocenters. The van der Waals surface area contributed by atoms with Crippen LogP contribution in [0, 0.1) is 17.2 Å². The smallest absolute Gasteiger partial charge is 0.262 e. The topological polar surface area (TPSA) is 219 Å². The molecule has 9 rings (SSSR count). The molecule has 0 aromatic heterocycles. The minimum Gasteiger partial charge on any atom is -0.457 e. The first-order chi connectivity index (χ1) is 31.5. The van der Waals surface area contributed by atoms with Crippen LogP contribution in [-0.2, 0) is 25.6 Å². The zero-order chi connectivity index (χ0) is 45.2. The number of benzene rings is 4. The molecule has 5 heterocycles. The summed E-state index contributed by atoms with van der Waals surface area (Å²) in [6.45, 7) is 4.71. The number of hydrogen-bond acceptors (Lipinski definition) is 12. The Morgan fingerprint density at radius 1 is 0.769 bits per heavy atom. The van der Waals surface area contributed by atoms with E-state index >= 15 is 0 Å². The van der Waals surface area contributed by atoms with E-state index in [0.717, 1.165) is 80.2 Å². The van der Waals surface area contributed by atoms with Crippen LogP contribution in [0.4, 0.5) is 17.1 Å². The van der Waals surface area contributed by atoms with E-state index in [-0.39, 0.29) is 47.1 Å². The van der Waals surface area contributed by atoms with Crippen LogP contribution in [0.25, 0.3) is 0 Å². The quantitative estimate of drug-likeness (QED) is 0.0685. The second-order valence-electron chi connectivity index (χ2n) is 17.3. The Morgan fingerprint density at radius 2 is 1.49 bits per heavy atom. The normalized spacial score (nSPS) is 20.2. The minimum atomic E-state index is -0.990. The van der Waals surface area contributed by atoms with Gasteiger partial charge in [0.15, 0.2) is 0 Å². The van der Waals surface area contributed by atoms with Crippen molar-refractivity contribution in [3.63, 3.8) is 0 Å². The Balaban J connectivity index is 0.746. The highest BCUT2D eigenvalue weighted by molar-refractivity contribution is 6.27. The lowest BCUT2D eigenvalue weighted by Crippen LogP contribution is -2.54. The summed E-state index contributed by atoms with van der Waals surface area (Å²) in [6.07, 6.45) is 4.27. The molecule has 0 radical (unpaired) electrons. The van der Waals surface area contributed by atoms with Gasteiger partial charge in [-0.1, -0.05) is 18.2 Å². The number of nitrogens with one attached hydrogen (secondary N) is 5. The van der Waals surface area contributed by atoms with E-state index in [1.54, 1.807) is 36.4 Å². The Kier molecular flexibility index (Phi) is 12.2. The number of nitrogens with two attached hydrogens (primary N) is 1. The van der Waals surface area contributed by atoms with Crippen LogP contribution < -0.4 is 36.6 Å². The SMILES string of the molecule is N=C(/C(C(N)=O)=C1\NCCc2cc(NC(=O)C3CCN(CC4CCN(c5ccc6c(c5)C(=O)N(C5CCC(=O)NC5=O)C6=O)CC4)CC3)ccc2N1)c1ccc(Oc2ccccc2)cc1. The van der Waals surface area contributed by atoms with Gasteiger partial charge in [0, 0.05) is 61.1 Å². The van der Waals surface area contributed by atoms with E-state index in [9.17, 15) is 28.8 Å². The molecule has 16 nitrogen and oxygen atoms in total. The van der Waals surface area contributed by atoms with Gasteiger partial charge in [-0.3, -0.25) is 44.4 Å². The van der Waals surface area contributed by atoms with Gasteiger partial charge >= 0.3 is 0 Å². The zero-order valence-corrected chi connectivity index (χ0v) is 35.9. The van der Waals surface area contributed by atoms with Crippen LogP contribution in [0.2, 0.25) is 0 Å². The monoisotopic (exact) mass is 877 g/mol. The van der Waals surface area contributed by atoms with Gasteiger partial charge in [-0.15, -0.1) is 0 Å². The van der Waals surface area contributed by atoms with Gasteiger partial charge in [0.05, 0.1) is 16.8 Å². The lowest BCUT2D eigenvalue weighted by Gasteiger charge is -2.38. The van der Waals surface area contributed by atoms with Crippen molar-refractivity contribution in [2.45, 2.75) is 51.0 Å². The van der Waals surface area contributed by atoms with Crippen molar-refractivity contribution >= 4 is 58.2 Å². The van der Waals surface area contributed by atoms with Crippen molar-refractivity contribution in [2.75, 3.05) is 54.8 Å². The van der Waals surface area contributed by atoms with Crippen LogP contribution >= 0.6 is 0 Å². The van der Waals surface area contributed by atoms with E-state index in [1.807, 2.05) is 54.6 Å². The van der Waals surface area contributed by atoms with Gasteiger partial charge in [-0.2, -0.15) is 0 Å². The summed E-state index contributed by atoms with van der Waals surface area (Å²) < 4.78 is 5.88. The van der Waals surface area contributed by atoms with Crippen molar-refractivity contribution in [3.05, 3.63) is 125 Å². The molecule has 65 heavy (non-hydrogen) atoms. The number of carbonyl (C=O) groups excluding carboxylic acids is 6. The lowest BCUT2D eigenvalue weighted by molar-refractivity contribution is -0.136. The second-order valence-corrected chi connectivity index (χ2v) is 17.3. The fourth-order valence-electron chi connectivity index (χ4n) is 9.50. The number of piperidine rings is 3. The van der Waals surface area contributed by atoms with Gasteiger partial charge in [0.1, 0.15) is 28.9 Å². The van der Waals surface area contributed by atoms with E-state index in [4.69, 9.17) is 15.9 Å². The summed E-state index contributed by atoms with van der Waals surface area (Å²) in [6, 6.07) is 26.3. The number of anilines is 3. The van der Waals surface area contributed by atoms with Gasteiger partial charge < -0.3 is 36.2 Å². The molecule has 0 aliphatic carbocycles. The summed E-state index contributed by atoms with van der Waals surface area (Å²) in [7, 11) is 0. The molecule has 3 saturated heterocycles. The van der Waals surface area contributed by atoms with E-state index in [1.165, 1.54) is 0 Å². The summed E-state index contributed by atoms with van der Waals surface area (Å²) >= 11 is 0. The largest absolute Gasteiger partial charge is 0.457 e. The molecule has 6 amide bonds. The lowest BCUT2D eigenvalue weighted by atomic mass is 9.92. The van der Waals surface area contributed by atoms with Gasteiger partial charge in [-0.05, 0) is 136 Å². The molecule has 334 valence electrons. The average Bonchev–Trinajstić information content (AvgIpc) is 3.41. The summed E-state index contributed by atoms with van der Waals surface area (Å²) in [5.41, 5.74) is 10.2. The zero-order valence-electron chi connectivity index (χ0n) is 35.9. The predicted molar refractivity (Wildman–Crippen MR) is 244 cm³/mol. The molecule has 4 aromatic carbocycles. The number of imide groups is 2. The Bertz CT molecular complexity index is 2600. The highest BCUT2D eigenvalue weighted by Crippen LogP contribution is 2.33. The summed E-state index contributed by atoms with van der Waals surface area (Å²) in [5.74, 6) is -0.759. The van der Waals surface area contributed by atoms with Crippen molar-refractivity contribution in [1.29, 1.82) is 5.41 Å². The number of likely N-dealkylation sites (tertiary alicyclic amines) is 1. The molecule has 0 saturated carbocycles. The summed E-state index contributed by atoms with van der Waals surface area (Å²) in [4.78, 5) is 82.6. The minimum absolute atomic E-state index is 0.00222. The number of nitrogens with zero attached hydrogens (tertiary/aromatic N) is 3. The molecule has 0 spiro atoms. The molecule has 1 atom stereocenters. The second kappa shape index (κ2) is 18.4.